The van der Waals surface area contributed by atoms with Crippen LogP contribution < -0.4 is 11.2 Å². The minimum Gasteiger partial charge on any atom is -0.345 e. The van der Waals surface area contributed by atoms with Crippen molar-refractivity contribution in [2.24, 2.45) is 14.1 Å². The van der Waals surface area contributed by atoms with E-state index in [9.17, 15) is 9.59 Å². The first-order chi connectivity index (χ1) is 12.4. The van der Waals surface area contributed by atoms with Crippen molar-refractivity contribution in [1.29, 1.82) is 0 Å². The van der Waals surface area contributed by atoms with Gasteiger partial charge in [0.15, 0.2) is 0 Å². The van der Waals surface area contributed by atoms with Gasteiger partial charge in [-0.15, -0.1) is 0 Å². The molecule has 0 spiro atoms. The Morgan fingerprint density at radius 2 is 1.77 bits per heavy atom. The summed E-state index contributed by atoms with van der Waals surface area (Å²) in [6.07, 6.45) is 5.02. The summed E-state index contributed by atoms with van der Waals surface area (Å²) in [6.45, 7) is 2.89. The Balaban J connectivity index is 2.38. The van der Waals surface area contributed by atoms with Crippen molar-refractivity contribution in [1.82, 2.24) is 13.7 Å². The van der Waals surface area contributed by atoms with Crippen molar-refractivity contribution in [2.75, 3.05) is 0 Å². The van der Waals surface area contributed by atoms with Gasteiger partial charge in [0.1, 0.15) is 0 Å². The third-order valence-corrected chi connectivity index (χ3v) is 5.25. The van der Waals surface area contributed by atoms with E-state index in [0.29, 0.717) is 20.9 Å². The van der Waals surface area contributed by atoms with Gasteiger partial charge in [-0.1, -0.05) is 43.0 Å². The Bertz CT molecular complexity index is 1090. The summed E-state index contributed by atoms with van der Waals surface area (Å²) in [6, 6.07) is 5.24. The first-order valence-electron chi connectivity index (χ1n) is 8.61. The topological polar surface area (TPSA) is 48.9 Å². The van der Waals surface area contributed by atoms with Gasteiger partial charge in [-0.3, -0.25) is 13.9 Å². The Kier molecular flexibility index (Phi) is 5.30. The SMILES string of the molecule is CCCCCn1cc2c(c1-c1ccc(Cl)cc1Cl)c(=O)n(C)c(=O)n2C. The highest BCUT2D eigenvalue weighted by Crippen LogP contribution is 2.35. The molecule has 0 unspecified atom stereocenters. The molecule has 0 saturated carbocycles. The molecule has 0 radical (unpaired) electrons. The van der Waals surface area contributed by atoms with Crippen molar-refractivity contribution in [3.8, 4) is 11.3 Å². The van der Waals surface area contributed by atoms with Gasteiger partial charge in [-0.05, 0) is 24.6 Å². The molecule has 5 nitrogen and oxygen atoms in total. The van der Waals surface area contributed by atoms with E-state index in [-0.39, 0.29) is 11.2 Å². The van der Waals surface area contributed by atoms with E-state index in [1.807, 2.05) is 16.8 Å². The second-order valence-corrected chi connectivity index (χ2v) is 7.31. The molecular weight excluding hydrogens is 373 g/mol. The van der Waals surface area contributed by atoms with Crippen molar-refractivity contribution in [3.05, 3.63) is 55.3 Å². The van der Waals surface area contributed by atoms with Crippen LogP contribution in [0.2, 0.25) is 10.0 Å². The highest BCUT2D eigenvalue weighted by molar-refractivity contribution is 6.36. The van der Waals surface area contributed by atoms with Crippen LogP contribution in [-0.2, 0) is 20.6 Å². The Morgan fingerprint density at radius 3 is 2.42 bits per heavy atom. The number of halogens is 2. The van der Waals surface area contributed by atoms with Gasteiger partial charge >= 0.3 is 5.69 Å². The fourth-order valence-corrected chi connectivity index (χ4v) is 3.77. The molecule has 0 N–H and O–H groups in total. The molecular formula is C19H21Cl2N3O2. The Labute approximate surface area is 161 Å². The molecule has 0 aliphatic carbocycles. The van der Waals surface area contributed by atoms with Gasteiger partial charge in [-0.2, -0.15) is 0 Å². The van der Waals surface area contributed by atoms with E-state index < -0.39 is 0 Å². The minimum absolute atomic E-state index is 0.321. The Morgan fingerprint density at radius 1 is 1.04 bits per heavy atom. The predicted molar refractivity (Wildman–Crippen MR) is 107 cm³/mol. The third kappa shape index (κ3) is 3.10. The number of hydrogen-bond donors (Lipinski definition) is 0. The van der Waals surface area contributed by atoms with E-state index in [2.05, 4.69) is 6.92 Å². The largest absolute Gasteiger partial charge is 0.345 e. The lowest BCUT2D eigenvalue weighted by Gasteiger charge is -2.11. The third-order valence-electron chi connectivity index (χ3n) is 4.70. The number of benzene rings is 1. The zero-order chi connectivity index (χ0) is 19.0. The highest BCUT2D eigenvalue weighted by atomic mass is 35.5. The summed E-state index contributed by atoms with van der Waals surface area (Å²) in [5.41, 5.74) is 1.41. The van der Waals surface area contributed by atoms with Crippen LogP contribution in [0.25, 0.3) is 22.2 Å². The minimum atomic E-state index is -0.345. The van der Waals surface area contributed by atoms with E-state index in [0.717, 1.165) is 41.6 Å². The van der Waals surface area contributed by atoms with Gasteiger partial charge in [0.2, 0.25) is 0 Å². The average Bonchev–Trinajstić information content (AvgIpc) is 2.98. The molecule has 3 aromatic rings. The van der Waals surface area contributed by atoms with E-state index >= 15 is 0 Å². The second kappa shape index (κ2) is 7.33. The van der Waals surface area contributed by atoms with Crippen molar-refractivity contribution in [2.45, 2.75) is 32.7 Å². The zero-order valence-electron chi connectivity index (χ0n) is 15.1. The predicted octanol–water partition coefficient (Wildman–Crippen LogP) is 4.20. The average molecular weight is 394 g/mol. The van der Waals surface area contributed by atoms with E-state index in [1.54, 1.807) is 19.2 Å². The molecule has 138 valence electrons. The quantitative estimate of drug-likeness (QED) is 0.609. The molecule has 0 amide bonds. The van der Waals surface area contributed by atoms with Crippen LogP contribution in [0.4, 0.5) is 0 Å². The molecule has 0 bridgehead atoms. The number of aryl methyl sites for hydroxylation is 2. The van der Waals surface area contributed by atoms with Crippen molar-refractivity contribution in [3.63, 3.8) is 0 Å². The maximum atomic E-state index is 12.9. The van der Waals surface area contributed by atoms with Gasteiger partial charge in [-0.25, -0.2) is 4.79 Å². The van der Waals surface area contributed by atoms with Gasteiger partial charge in [0.25, 0.3) is 5.56 Å². The number of nitrogens with zero attached hydrogens (tertiary/aromatic N) is 3. The van der Waals surface area contributed by atoms with Crippen LogP contribution in [0.15, 0.2) is 34.0 Å². The summed E-state index contributed by atoms with van der Waals surface area (Å²) >= 11 is 12.5. The molecule has 0 aliphatic rings. The summed E-state index contributed by atoms with van der Waals surface area (Å²) in [4.78, 5) is 25.2. The smallest absolute Gasteiger partial charge is 0.330 e. The summed E-state index contributed by atoms with van der Waals surface area (Å²) in [5.74, 6) is 0. The van der Waals surface area contributed by atoms with Crippen LogP contribution in [0.1, 0.15) is 26.2 Å². The first kappa shape index (κ1) is 18.8. The van der Waals surface area contributed by atoms with E-state index in [4.69, 9.17) is 23.2 Å². The standard InChI is InChI=1S/C19H21Cl2N3O2/c1-4-5-6-9-24-11-15-16(18(25)23(3)19(26)22(15)2)17(24)13-8-7-12(20)10-14(13)21/h7-8,10-11H,4-6,9H2,1-3H3. The maximum Gasteiger partial charge on any atom is 0.330 e. The van der Waals surface area contributed by atoms with Crippen LogP contribution >= 0.6 is 23.2 Å². The maximum absolute atomic E-state index is 12.9. The number of rotatable bonds is 5. The van der Waals surface area contributed by atoms with Gasteiger partial charge < -0.3 is 4.57 Å². The molecule has 26 heavy (non-hydrogen) atoms. The molecule has 0 saturated heterocycles. The first-order valence-corrected chi connectivity index (χ1v) is 9.36. The van der Waals surface area contributed by atoms with Crippen molar-refractivity contribution >= 4 is 34.1 Å². The highest BCUT2D eigenvalue weighted by Gasteiger charge is 2.20. The van der Waals surface area contributed by atoms with Gasteiger partial charge in [0.05, 0.1) is 21.6 Å². The van der Waals surface area contributed by atoms with Crippen LogP contribution in [0.3, 0.4) is 0 Å². The zero-order valence-corrected chi connectivity index (χ0v) is 16.6. The molecule has 3 rings (SSSR count). The number of unbranched alkanes of at least 4 members (excludes halogenated alkanes) is 2. The fraction of sp³-hybridized carbons (Fsp3) is 0.368. The van der Waals surface area contributed by atoms with Crippen molar-refractivity contribution < 1.29 is 0 Å². The molecule has 0 aliphatic heterocycles. The molecule has 7 heteroatoms. The number of aromatic nitrogens is 3. The van der Waals surface area contributed by atoms with Crippen LogP contribution in [-0.4, -0.2) is 13.7 Å². The lowest BCUT2D eigenvalue weighted by Crippen LogP contribution is -2.36. The second-order valence-electron chi connectivity index (χ2n) is 6.47. The monoisotopic (exact) mass is 393 g/mol. The fourth-order valence-electron chi connectivity index (χ4n) is 3.27. The van der Waals surface area contributed by atoms with Crippen LogP contribution in [0.5, 0.6) is 0 Å². The molecule has 1 aromatic carbocycles. The number of hydrogen-bond acceptors (Lipinski definition) is 2. The summed E-state index contributed by atoms with van der Waals surface area (Å²) < 4.78 is 4.66. The van der Waals surface area contributed by atoms with Gasteiger partial charge in [0, 0.05) is 37.4 Å². The summed E-state index contributed by atoms with van der Waals surface area (Å²) in [7, 11) is 3.17. The lowest BCUT2D eigenvalue weighted by atomic mass is 10.1. The number of fused-ring (bicyclic) bond motifs is 1. The van der Waals surface area contributed by atoms with Crippen LogP contribution in [0, 0.1) is 0 Å². The molecule has 2 heterocycles. The molecule has 2 aromatic heterocycles. The molecule has 0 fully saturated rings. The summed E-state index contributed by atoms with van der Waals surface area (Å²) in [5, 5.41) is 1.51. The normalized spacial score (nSPS) is 11.4. The lowest BCUT2D eigenvalue weighted by molar-refractivity contribution is 0.609. The Hall–Kier alpha value is -1.98. The molecule has 0 atom stereocenters. The van der Waals surface area contributed by atoms with E-state index in [1.165, 1.54) is 11.6 Å².